The fourth-order valence-corrected chi connectivity index (χ4v) is 3.19. The van der Waals surface area contributed by atoms with Crippen LogP contribution in [0.2, 0.25) is 0 Å². The quantitative estimate of drug-likeness (QED) is 0.748. The Kier molecular flexibility index (Phi) is 6.75. The zero-order valence-electron chi connectivity index (χ0n) is 12.0. The summed E-state index contributed by atoms with van der Waals surface area (Å²) >= 11 is 1.95. The number of fused-ring (bicyclic) bond motifs is 1. The van der Waals surface area contributed by atoms with Crippen molar-refractivity contribution < 1.29 is 0 Å². The van der Waals surface area contributed by atoms with Gasteiger partial charge in [-0.05, 0) is 55.5 Å². The van der Waals surface area contributed by atoms with Crippen LogP contribution in [0.1, 0.15) is 42.9 Å². The molecule has 0 saturated heterocycles. The minimum atomic E-state index is 0.534. The predicted octanol–water partition coefficient (Wildman–Crippen LogP) is 3.34. The summed E-state index contributed by atoms with van der Waals surface area (Å²) in [6.07, 6.45) is 7.38. The molecule has 1 heterocycles. The van der Waals surface area contributed by atoms with Gasteiger partial charge >= 0.3 is 0 Å². The van der Waals surface area contributed by atoms with Crippen LogP contribution in [0.4, 0.5) is 0 Å². The van der Waals surface area contributed by atoms with E-state index in [1.165, 1.54) is 42.6 Å². The average molecular weight is 278 g/mol. The minimum absolute atomic E-state index is 0.534. The summed E-state index contributed by atoms with van der Waals surface area (Å²) in [6.45, 7) is 3.27. The van der Waals surface area contributed by atoms with Crippen LogP contribution in [0.5, 0.6) is 0 Å². The van der Waals surface area contributed by atoms with E-state index in [1.54, 1.807) is 0 Å². The largest absolute Gasteiger partial charge is 0.313 e. The van der Waals surface area contributed by atoms with E-state index in [2.05, 4.69) is 41.2 Å². The van der Waals surface area contributed by atoms with E-state index >= 15 is 0 Å². The highest BCUT2D eigenvalue weighted by Gasteiger charge is 2.16. The lowest BCUT2D eigenvalue weighted by molar-refractivity contribution is 0.484. The third-order valence-corrected chi connectivity index (χ3v) is 4.47. The van der Waals surface area contributed by atoms with Gasteiger partial charge in [-0.15, -0.1) is 0 Å². The molecule has 0 saturated carbocycles. The van der Waals surface area contributed by atoms with Crippen LogP contribution in [0, 0.1) is 0 Å². The molecule has 0 aliphatic carbocycles. The summed E-state index contributed by atoms with van der Waals surface area (Å²) in [6, 6.07) is 9.38. The van der Waals surface area contributed by atoms with Crippen molar-refractivity contribution in [3.63, 3.8) is 0 Å². The highest BCUT2D eigenvalue weighted by atomic mass is 32.2. The molecule has 0 spiro atoms. The first-order chi connectivity index (χ1) is 9.42. The normalized spacial score (nSPS) is 18.9. The van der Waals surface area contributed by atoms with Crippen LogP contribution in [0.25, 0.3) is 0 Å². The maximum absolute atomic E-state index is 3.75. The van der Waals surface area contributed by atoms with Gasteiger partial charge in [0.05, 0.1) is 0 Å². The maximum atomic E-state index is 3.75. The first kappa shape index (κ1) is 14.9. The Balaban J connectivity index is 1.79. The molecule has 0 radical (unpaired) electrons. The number of hydrogen-bond donors (Lipinski definition) is 2. The number of thioether (sulfide) groups is 1. The van der Waals surface area contributed by atoms with Gasteiger partial charge in [0.15, 0.2) is 0 Å². The minimum Gasteiger partial charge on any atom is -0.313 e. The molecule has 1 aliphatic rings. The van der Waals surface area contributed by atoms with Gasteiger partial charge in [0, 0.05) is 12.6 Å². The number of nitrogens with one attached hydrogen (secondary N) is 2. The van der Waals surface area contributed by atoms with Crippen molar-refractivity contribution in [3.8, 4) is 0 Å². The van der Waals surface area contributed by atoms with Gasteiger partial charge in [-0.2, -0.15) is 11.8 Å². The van der Waals surface area contributed by atoms with Crippen LogP contribution < -0.4 is 10.6 Å². The lowest BCUT2D eigenvalue weighted by Crippen LogP contribution is -2.24. The second-order valence-corrected chi connectivity index (χ2v) is 6.21. The molecule has 1 aromatic carbocycles. The van der Waals surface area contributed by atoms with E-state index in [4.69, 9.17) is 0 Å². The Morgan fingerprint density at radius 3 is 3.05 bits per heavy atom. The van der Waals surface area contributed by atoms with E-state index < -0.39 is 0 Å². The molecule has 1 aliphatic heterocycles. The van der Waals surface area contributed by atoms with Crippen molar-refractivity contribution in [3.05, 3.63) is 35.4 Å². The van der Waals surface area contributed by atoms with Crippen molar-refractivity contribution >= 4 is 11.8 Å². The maximum Gasteiger partial charge on any atom is 0.0335 e. The molecule has 106 valence electrons. The smallest absolute Gasteiger partial charge is 0.0335 e. The van der Waals surface area contributed by atoms with E-state index in [0.717, 1.165) is 19.6 Å². The summed E-state index contributed by atoms with van der Waals surface area (Å²) in [5.41, 5.74) is 2.96. The van der Waals surface area contributed by atoms with E-state index in [-0.39, 0.29) is 0 Å². The van der Waals surface area contributed by atoms with Crippen LogP contribution >= 0.6 is 11.8 Å². The fraction of sp³-hybridized carbons (Fsp3) is 0.625. The summed E-state index contributed by atoms with van der Waals surface area (Å²) in [5.74, 6) is 1.30. The van der Waals surface area contributed by atoms with Gasteiger partial charge in [-0.25, -0.2) is 0 Å². The molecule has 0 fully saturated rings. The van der Waals surface area contributed by atoms with Crippen molar-refractivity contribution in [1.29, 1.82) is 0 Å². The molecule has 2 nitrogen and oxygen atoms in total. The lowest BCUT2D eigenvalue weighted by atomic mass is 9.99. The summed E-state index contributed by atoms with van der Waals surface area (Å²) < 4.78 is 0. The molecule has 3 heteroatoms. The molecule has 19 heavy (non-hydrogen) atoms. The lowest BCUT2D eigenvalue weighted by Gasteiger charge is -2.19. The number of benzene rings is 1. The van der Waals surface area contributed by atoms with Gasteiger partial charge in [0.2, 0.25) is 0 Å². The molecule has 2 N–H and O–H groups in total. The van der Waals surface area contributed by atoms with E-state index in [0.29, 0.717) is 6.04 Å². The van der Waals surface area contributed by atoms with Crippen molar-refractivity contribution in [2.75, 3.05) is 25.1 Å². The molecule has 2 rings (SSSR count). The molecule has 0 aromatic heterocycles. The standard InChI is InChI=1S/C16H26N2S/c1-19-12-6-2-5-10-18-16-9-11-17-13-14-7-3-4-8-15(14)16/h3-4,7-8,16-18H,2,5-6,9-13H2,1H3. The second-order valence-electron chi connectivity index (χ2n) is 5.22. The summed E-state index contributed by atoms with van der Waals surface area (Å²) in [4.78, 5) is 0. The predicted molar refractivity (Wildman–Crippen MR) is 85.7 cm³/mol. The highest BCUT2D eigenvalue weighted by molar-refractivity contribution is 7.98. The number of rotatable bonds is 7. The molecular weight excluding hydrogens is 252 g/mol. The topological polar surface area (TPSA) is 24.1 Å². The Morgan fingerprint density at radius 2 is 2.16 bits per heavy atom. The molecule has 1 atom stereocenters. The molecule has 0 bridgehead atoms. The first-order valence-corrected chi connectivity index (χ1v) is 8.82. The Bertz CT molecular complexity index is 368. The van der Waals surface area contributed by atoms with Crippen molar-refractivity contribution in [2.45, 2.75) is 38.3 Å². The molecular formula is C16H26N2S. The fourth-order valence-electron chi connectivity index (χ4n) is 2.70. The van der Waals surface area contributed by atoms with Crippen LogP contribution in [0.15, 0.2) is 24.3 Å². The van der Waals surface area contributed by atoms with Gasteiger partial charge in [0.1, 0.15) is 0 Å². The van der Waals surface area contributed by atoms with Gasteiger partial charge in [0.25, 0.3) is 0 Å². The summed E-state index contributed by atoms with van der Waals surface area (Å²) in [5, 5.41) is 7.26. The summed E-state index contributed by atoms with van der Waals surface area (Å²) in [7, 11) is 0. The SMILES string of the molecule is CSCCCCCNC1CCNCc2ccccc21. The van der Waals surface area contributed by atoms with E-state index in [9.17, 15) is 0 Å². The zero-order valence-corrected chi connectivity index (χ0v) is 12.8. The Morgan fingerprint density at radius 1 is 1.26 bits per heavy atom. The number of unbranched alkanes of at least 4 members (excludes halogenated alkanes) is 2. The third kappa shape index (κ3) is 4.83. The zero-order chi connectivity index (χ0) is 13.3. The second kappa shape index (κ2) is 8.62. The van der Waals surface area contributed by atoms with Gasteiger partial charge < -0.3 is 10.6 Å². The van der Waals surface area contributed by atoms with Crippen LogP contribution in [-0.4, -0.2) is 25.1 Å². The Hall–Kier alpha value is -0.510. The molecule has 1 unspecified atom stereocenters. The monoisotopic (exact) mass is 278 g/mol. The van der Waals surface area contributed by atoms with Crippen molar-refractivity contribution in [2.24, 2.45) is 0 Å². The number of hydrogen-bond acceptors (Lipinski definition) is 3. The molecule has 0 amide bonds. The molecule has 1 aromatic rings. The van der Waals surface area contributed by atoms with Crippen LogP contribution in [0.3, 0.4) is 0 Å². The van der Waals surface area contributed by atoms with Crippen molar-refractivity contribution in [1.82, 2.24) is 10.6 Å². The van der Waals surface area contributed by atoms with Gasteiger partial charge in [-0.1, -0.05) is 30.7 Å². The van der Waals surface area contributed by atoms with Gasteiger partial charge in [-0.3, -0.25) is 0 Å². The van der Waals surface area contributed by atoms with Crippen LogP contribution in [-0.2, 0) is 6.54 Å². The average Bonchev–Trinajstić information content (AvgIpc) is 2.65. The highest BCUT2D eigenvalue weighted by Crippen LogP contribution is 2.23. The third-order valence-electron chi connectivity index (χ3n) is 3.77. The van der Waals surface area contributed by atoms with E-state index in [1.807, 2.05) is 11.8 Å². The Labute approximate surface area is 121 Å². The first-order valence-electron chi connectivity index (χ1n) is 7.42.